The molecule has 3 aromatic rings. The van der Waals surface area contributed by atoms with Crippen LogP contribution in [0.3, 0.4) is 0 Å². The van der Waals surface area contributed by atoms with Crippen molar-refractivity contribution in [1.29, 1.82) is 0 Å². The number of methoxy groups -OCH3 is 1. The number of hydrogen-bond donors (Lipinski definition) is 0. The van der Waals surface area contributed by atoms with Gasteiger partial charge in [-0.15, -0.1) is 11.8 Å². The Labute approximate surface area is 119 Å². The maximum Gasteiger partial charge on any atom is 0.128 e. The minimum absolute atomic E-state index is 0.857. The predicted octanol–water partition coefficient (Wildman–Crippen LogP) is 4.09. The highest BCUT2D eigenvalue weighted by Gasteiger charge is 2.12. The monoisotopic (exact) mass is 288 g/mol. The normalized spacial score (nSPS) is 10.8. The van der Waals surface area contributed by atoms with Gasteiger partial charge in [0.15, 0.2) is 0 Å². The SMILES string of the molecule is COc1ccc2cnsc2c1-c1ccc(SC)nc1. The first-order valence-electron chi connectivity index (χ1n) is 5.75. The summed E-state index contributed by atoms with van der Waals surface area (Å²) < 4.78 is 10.9. The van der Waals surface area contributed by atoms with Crippen molar-refractivity contribution in [2.24, 2.45) is 0 Å². The molecule has 3 rings (SSSR count). The molecular formula is C14H12N2OS2. The molecule has 1 aromatic carbocycles. The van der Waals surface area contributed by atoms with Gasteiger partial charge in [0.25, 0.3) is 0 Å². The van der Waals surface area contributed by atoms with Gasteiger partial charge in [0.2, 0.25) is 0 Å². The molecule has 0 saturated heterocycles. The van der Waals surface area contributed by atoms with Crippen LogP contribution in [0.2, 0.25) is 0 Å². The van der Waals surface area contributed by atoms with Crippen LogP contribution in [0.5, 0.6) is 5.75 Å². The Balaban J connectivity index is 2.23. The fraction of sp³-hybridized carbons (Fsp3) is 0.143. The number of fused-ring (bicyclic) bond motifs is 1. The third-order valence-electron chi connectivity index (χ3n) is 2.94. The van der Waals surface area contributed by atoms with Gasteiger partial charge in [0.05, 0.1) is 16.8 Å². The molecule has 2 heterocycles. The molecule has 0 aliphatic carbocycles. The lowest BCUT2D eigenvalue weighted by Crippen LogP contribution is -1.89. The van der Waals surface area contributed by atoms with Gasteiger partial charge < -0.3 is 4.74 Å². The molecular weight excluding hydrogens is 276 g/mol. The first-order valence-corrected chi connectivity index (χ1v) is 7.75. The first-order chi connectivity index (χ1) is 9.33. The summed E-state index contributed by atoms with van der Waals surface area (Å²) in [7, 11) is 1.69. The van der Waals surface area contributed by atoms with E-state index in [9.17, 15) is 0 Å². The molecule has 0 atom stereocenters. The highest BCUT2D eigenvalue weighted by atomic mass is 32.2. The molecule has 0 saturated carbocycles. The van der Waals surface area contributed by atoms with E-state index in [1.54, 1.807) is 18.9 Å². The van der Waals surface area contributed by atoms with Crippen LogP contribution < -0.4 is 4.74 Å². The van der Waals surface area contributed by atoms with Gasteiger partial charge in [-0.1, -0.05) is 0 Å². The van der Waals surface area contributed by atoms with E-state index in [1.807, 2.05) is 36.8 Å². The van der Waals surface area contributed by atoms with Gasteiger partial charge in [-0.25, -0.2) is 4.98 Å². The number of ether oxygens (including phenoxy) is 1. The molecule has 0 amide bonds. The second kappa shape index (κ2) is 5.19. The Hall–Kier alpha value is -1.59. The standard InChI is InChI=1S/C14H12N2OS2/c1-17-11-5-3-10-8-16-19-14(10)13(11)9-4-6-12(18-2)15-7-9/h3-8H,1-2H3. The molecule has 0 N–H and O–H groups in total. The van der Waals surface area contributed by atoms with Crippen LogP contribution >= 0.6 is 23.3 Å². The lowest BCUT2D eigenvalue weighted by Gasteiger charge is -2.09. The van der Waals surface area contributed by atoms with Gasteiger partial charge >= 0.3 is 0 Å². The number of nitrogens with zero attached hydrogens (tertiary/aromatic N) is 2. The summed E-state index contributed by atoms with van der Waals surface area (Å²) in [6.07, 6.45) is 5.79. The van der Waals surface area contributed by atoms with Crippen molar-refractivity contribution in [2.45, 2.75) is 5.03 Å². The molecule has 0 spiro atoms. The highest BCUT2D eigenvalue weighted by molar-refractivity contribution is 7.98. The Morgan fingerprint density at radius 1 is 1.16 bits per heavy atom. The average Bonchev–Trinajstić information content (AvgIpc) is 2.94. The third-order valence-corrected chi connectivity index (χ3v) is 4.43. The van der Waals surface area contributed by atoms with Crippen molar-refractivity contribution in [1.82, 2.24) is 9.36 Å². The van der Waals surface area contributed by atoms with Crippen molar-refractivity contribution in [3.63, 3.8) is 0 Å². The van der Waals surface area contributed by atoms with E-state index >= 15 is 0 Å². The van der Waals surface area contributed by atoms with Gasteiger partial charge in [0, 0.05) is 28.9 Å². The second-order valence-corrected chi connectivity index (χ2v) is 5.60. The highest BCUT2D eigenvalue weighted by Crippen LogP contribution is 2.38. The average molecular weight is 288 g/mol. The fourth-order valence-corrected chi connectivity index (χ4v) is 3.18. The summed E-state index contributed by atoms with van der Waals surface area (Å²) in [5.74, 6) is 0.857. The van der Waals surface area contributed by atoms with Gasteiger partial charge in [-0.05, 0) is 42.1 Å². The van der Waals surface area contributed by atoms with Gasteiger partial charge in [-0.3, -0.25) is 0 Å². The zero-order chi connectivity index (χ0) is 13.2. The van der Waals surface area contributed by atoms with Crippen LogP contribution in [0.25, 0.3) is 21.2 Å². The Kier molecular flexibility index (Phi) is 3.40. The van der Waals surface area contributed by atoms with Crippen molar-refractivity contribution < 1.29 is 4.74 Å². The lowest BCUT2D eigenvalue weighted by molar-refractivity contribution is 0.417. The zero-order valence-corrected chi connectivity index (χ0v) is 12.2. The number of rotatable bonds is 3. The molecule has 0 aliphatic heterocycles. The van der Waals surface area contributed by atoms with E-state index in [0.717, 1.165) is 32.0 Å². The molecule has 0 radical (unpaired) electrons. The summed E-state index contributed by atoms with van der Waals surface area (Å²) in [5, 5.41) is 2.15. The quantitative estimate of drug-likeness (QED) is 0.680. The Morgan fingerprint density at radius 2 is 2.05 bits per heavy atom. The largest absolute Gasteiger partial charge is 0.496 e. The van der Waals surface area contributed by atoms with Gasteiger partial charge in [-0.2, -0.15) is 4.37 Å². The number of hydrogen-bond acceptors (Lipinski definition) is 5. The molecule has 2 aromatic heterocycles. The fourth-order valence-electron chi connectivity index (χ4n) is 2.01. The first kappa shape index (κ1) is 12.4. The predicted molar refractivity (Wildman–Crippen MR) is 81.2 cm³/mol. The summed E-state index contributed by atoms with van der Waals surface area (Å²) >= 11 is 3.12. The van der Waals surface area contributed by atoms with Crippen LogP contribution in [0.4, 0.5) is 0 Å². The van der Waals surface area contributed by atoms with Crippen LogP contribution in [0.1, 0.15) is 0 Å². The van der Waals surface area contributed by atoms with E-state index in [0.29, 0.717) is 0 Å². The van der Waals surface area contributed by atoms with E-state index in [1.165, 1.54) is 11.5 Å². The summed E-state index contributed by atoms with van der Waals surface area (Å²) in [5.41, 5.74) is 2.13. The van der Waals surface area contributed by atoms with E-state index < -0.39 is 0 Å². The molecule has 96 valence electrons. The number of thioether (sulfide) groups is 1. The topological polar surface area (TPSA) is 35.0 Å². The van der Waals surface area contributed by atoms with Crippen molar-refractivity contribution in [2.75, 3.05) is 13.4 Å². The van der Waals surface area contributed by atoms with Crippen molar-refractivity contribution in [3.8, 4) is 16.9 Å². The minimum atomic E-state index is 0.857. The smallest absolute Gasteiger partial charge is 0.128 e. The van der Waals surface area contributed by atoms with Crippen molar-refractivity contribution in [3.05, 3.63) is 36.7 Å². The lowest BCUT2D eigenvalue weighted by atomic mass is 10.1. The van der Waals surface area contributed by atoms with Crippen LogP contribution in [0.15, 0.2) is 41.7 Å². The number of aromatic nitrogens is 2. The van der Waals surface area contributed by atoms with Crippen LogP contribution in [0, 0.1) is 0 Å². The number of benzene rings is 1. The molecule has 0 bridgehead atoms. The molecule has 3 nitrogen and oxygen atoms in total. The maximum absolute atomic E-state index is 5.48. The van der Waals surface area contributed by atoms with Crippen LogP contribution in [-0.4, -0.2) is 22.7 Å². The minimum Gasteiger partial charge on any atom is -0.496 e. The Bertz CT molecular complexity index is 707. The maximum atomic E-state index is 5.48. The van der Waals surface area contributed by atoms with Crippen molar-refractivity contribution >= 4 is 33.4 Å². The molecule has 0 unspecified atom stereocenters. The summed E-state index contributed by atoms with van der Waals surface area (Å²) in [6, 6.07) is 8.12. The third kappa shape index (κ3) is 2.19. The summed E-state index contributed by atoms with van der Waals surface area (Å²) in [4.78, 5) is 4.43. The zero-order valence-electron chi connectivity index (χ0n) is 10.6. The van der Waals surface area contributed by atoms with E-state index in [4.69, 9.17) is 4.74 Å². The second-order valence-electron chi connectivity index (χ2n) is 3.98. The van der Waals surface area contributed by atoms with E-state index in [2.05, 4.69) is 15.4 Å². The number of pyridine rings is 1. The molecule has 19 heavy (non-hydrogen) atoms. The summed E-state index contributed by atoms with van der Waals surface area (Å²) in [6.45, 7) is 0. The van der Waals surface area contributed by atoms with E-state index in [-0.39, 0.29) is 0 Å². The Morgan fingerprint density at radius 3 is 2.74 bits per heavy atom. The molecule has 0 aliphatic rings. The van der Waals surface area contributed by atoms with Gasteiger partial charge in [0.1, 0.15) is 5.75 Å². The molecule has 5 heteroatoms. The van der Waals surface area contributed by atoms with Crippen LogP contribution in [-0.2, 0) is 0 Å². The molecule has 0 fully saturated rings.